The van der Waals surface area contributed by atoms with Gasteiger partial charge in [-0.05, 0) is 11.8 Å². The second kappa shape index (κ2) is 5.64. The van der Waals surface area contributed by atoms with Crippen molar-refractivity contribution in [3.8, 4) is 6.07 Å². The molecule has 0 spiro atoms. The highest BCUT2D eigenvalue weighted by Crippen LogP contribution is 2.18. The summed E-state index contributed by atoms with van der Waals surface area (Å²) in [7, 11) is 1.80. The van der Waals surface area contributed by atoms with Gasteiger partial charge in [-0.25, -0.2) is 0 Å². The average molecular weight is 196 g/mol. The van der Waals surface area contributed by atoms with Crippen molar-refractivity contribution in [2.24, 2.45) is 5.41 Å². The first-order valence-corrected chi connectivity index (χ1v) is 4.98. The van der Waals surface area contributed by atoms with E-state index >= 15 is 0 Å². The van der Waals surface area contributed by atoms with Crippen molar-refractivity contribution in [3.63, 3.8) is 0 Å². The Morgan fingerprint density at radius 3 is 2.43 bits per heavy atom. The zero-order valence-corrected chi connectivity index (χ0v) is 9.63. The van der Waals surface area contributed by atoms with Crippen molar-refractivity contribution in [1.82, 2.24) is 4.90 Å². The predicted octanol–water partition coefficient (Wildman–Crippen LogP) is 2.18. The molecule has 0 radical (unpaired) electrons. The van der Waals surface area contributed by atoms with Gasteiger partial charge in [-0.1, -0.05) is 20.8 Å². The lowest BCUT2D eigenvalue weighted by molar-refractivity contribution is -0.130. The lowest BCUT2D eigenvalue weighted by Gasteiger charge is -2.23. The van der Waals surface area contributed by atoms with E-state index in [1.807, 2.05) is 6.07 Å². The molecule has 0 saturated heterocycles. The van der Waals surface area contributed by atoms with E-state index in [2.05, 4.69) is 20.8 Å². The highest BCUT2D eigenvalue weighted by Gasteiger charge is 2.14. The molecule has 1 amide bonds. The first kappa shape index (κ1) is 13.0. The lowest BCUT2D eigenvalue weighted by atomic mass is 9.92. The van der Waals surface area contributed by atoms with Crippen LogP contribution in [0.5, 0.6) is 0 Å². The third kappa shape index (κ3) is 6.47. The van der Waals surface area contributed by atoms with Crippen molar-refractivity contribution in [2.75, 3.05) is 13.6 Å². The Kier molecular flexibility index (Phi) is 5.22. The van der Waals surface area contributed by atoms with Gasteiger partial charge < -0.3 is 4.90 Å². The van der Waals surface area contributed by atoms with Gasteiger partial charge >= 0.3 is 0 Å². The van der Waals surface area contributed by atoms with Gasteiger partial charge in [-0.15, -0.1) is 0 Å². The number of hydrogen-bond acceptors (Lipinski definition) is 2. The average Bonchev–Trinajstić information content (AvgIpc) is 2.09. The van der Waals surface area contributed by atoms with E-state index in [0.717, 1.165) is 13.0 Å². The van der Waals surface area contributed by atoms with Crippen LogP contribution in [0.4, 0.5) is 0 Å². The number of hydrogen-bond donors (Lipinski definition) is 0. The molecule has 0 aromatic rings. The number of nitriles is 1. The van der Waals surface area contributed by atoms with Crippen molar-refractivity contribution >= 4 is 5.91 Å². The molecule has 0 aliphatic rings. The van der Waals surface area contributed by atoms with E-state index in [1.165, 1.54) is 0 Å². The lowest BCUT2D eigenvalue weighted by Crippen LogP contribution is -2.29. The van der Waals surface area contributed by atoms with E-state index < -0.39 is 0 Å². The summed E-state index contributed by atoms with van der Waals surface area (Å²) in [4.78, 5) is 13.1. The Morgan fingerprint density at radius 2 is 2.00 bits per heavy atom. The van der Waals surface area contributed by atoms with Crippen LogP contribution < -0.4 is 0 Å². The number of rotatable bonds is 4. The van der Waals surface area contributed by atoms with Crippen LogP contribution in [0, 0.1) is 16.7 Å². The molecule has 14 heavy (non-hydrogen) atoms. The van der Waals surface area contributed by atoms with Crippen LogP contribution in [-0.2, 0) is 4.79 Å². The van der Waals surface area contributed by atoms with Gasteiger partial charge in [0.25, 0.3) is 0 Å². The Labute approximate surface area is 86.7 Å². The maximum atomic E-state index is 11.4. The third-order valence-electron chi connectivity index (χ3n) is 2.07. The van der Waals surface area contributed by atoms with Gasteiger partial charge in [0.15, 0.2) is 0 Å². The van der Waals surface area contributed by atoms with Crippen LogP contribution in [0.25, 0.3) is 0 Å². The van der Waals surface area contributed by atoms with Crippen molar-refractivity contribution in [1.29, 1.82) is 5.26 Å². The van der Waals surface area contributed by atoms with Crippen LogP contribution in [0.3, 0.4) is 0 Å². The Bertz CT molecular complexity index is 222. The Hall–Kier alpha value is -1.04. The maximum absolute atomic E-state index is 11.4. The van der Waals surface area contributed by atoms with Gasteiger partial charge in [0.2, 0.25) is 5.91 Å². The zero-order valence-electron chi connectivity index (χ0n) is 9.63. The fourth-order valence-electron chi connectivity index (χ4n) is 0.982. The largest absolute Gasteiger partial charge is 0.346 e. The van der Waals surface area contributed by atoms with Crippen LogP contribution in [-0.4, -0.2) is 24.4 Å². The van der Waals surface area contributed by atoms with Gasteiger partial charge in [0, 0.05) is 26.4 Å². The van der Waals surface area contributed by atoms with Crippen molar-refractivity contribution in [2.45, 2.75) is 40.0 Å². The minimum atomic E-state index is 0.0656. The highest BCUT2D eigenvalue weighted by atomic mass is 16.2. The standard InChI is InChI=1S/C11H20N2O/c1-11(2,3)7-9-13(4)10(14)6-5-8-12/h5-7,9H2,1-4H3. The SMILES string of the molecule is CN(CCC(C)(C)C)C(=O)CCC#N. The van der Waals surface area contributed by atoms with Crippen LogP contribution >= 0.6 is 0 Å². The summed E-state index contributed by atoms with van der Waals surface area (Å²) in [5.74, 6) is 0.0656. The van der Waals surface area contributed by atoms with E-state index in [9.17, 15) is 4.79 Å². The van der Waals surface area contributed by atoms with Crippen LogP contribution in [0.15, 0.2) is 0 Å². The maximum Gasteiger partial charge on any atom is 0.223 e. The molecule has 0 bridgehead atoms. The molecule has 0 atom stereocenters. The molecule has 3 heteroatoms. The van der Waals surface area contributed by atoms with Crippen LogP contribution in [0.1, 0.15) is 40.0 Å². The summed E-state index contributed by atoms with van der Waals surface area (Å²) in [6, 6.07) is 1.98. The van der Waals surface area contributed by atoms with E-state index in [-0.39, 0.29) is 11.3 Å². The molecule has 0 aliphatic carbocycles. The van der Waals surface area contributed by atoms with Gasteiger partial charge in [0.1, 0.15) is 0 Å². The minimum absolute atomic E-state index is 0.0656. The smallest absolute Gasteiger partial charge is 0.223 e. The van der Waals surface area contributed by atoms with Gasteiger partial charge in [-0.2, -0.15) is 5.26 Å². The van der Waals surface area contributed by atoms with Gasteiger partial charge in [0.05, 0.1) is 6.07 Å². The monoisotopic (exact) mass is 196 g/mol. The first-order chi connectivity index (χ1) is 6.37. The molecule has 0 aromatic heterocycles. The second-order valence-corrected chi connectivity index (χ2v) is 4.78. The summed E-state index contributed by atoms with van der Waals surface area (Å²) in [6.45, 7) is 7.23. The number of carbonyl (C=O) groups is 1. The summed E-state index contributed by atoms with van der Waals surface area (Å²) >= 11 is 0. The molecule has 0 aliphatic heterocycles. The molecule has 80 valence electrons. The van der Waals surface area contributed by atoms with E-state index in [1.54, 1.807) is 11.9 Å². The second-order valence-electron chi connectivity index (χ2n) is 4.78. The number of carbonyl (C=O) groups excluding carboxylic acids is 1. The van der Waals surface area contributed by atoms with E-state index in [0.29, 0.717) is 12.8 Å². The topological polar surface area (TPSA) is 44.1 Å². The first-order valence-electron chi connectivity index (χ1n) is 4.98. The molecular weight excluding hydrogens is 176 g/mol. The van der Waals surface area contributed by atoms with Crippen molar-refractivity contribution in [3.05, 3.63) is 0 Å². The zero-order chi connectivity index (χ0) is 11.2. The normalized spacial score (nSPS) is 10.8. The summed E-state index contributed by atoms with van der Waals surface area (Å²) < 4.78 is 0. The molecular formula is C11H20N2O. The molecule has 0 fully saturated rings. The molecule has 0 rings (SSSR count). The predicted molar refractivity (Wildman–Crippen MR) is 56.6 cm³/mol. The highest BCUT2D eigenvalue weighted by molar-refractivity contribution is 5.76. The molecule has 0 aromatic carbocycles. The van der Waals surface area contributed by atoms with Crippen molar-refractivity contribution < 1.29 is 4.79 Å². The Balaban J connectivity index is 3.80. The fourth-order valence-corrected chi connectivity index (χ4v) is 0.982. The molecule has 0 heterocycles. The number of nitrogens with zero attached hydrogens (tertiary/aromatic N) is 2. The Morgan fingerprint density at radius 1 is 1.43 bits per heavy atom. The molecule has 0 N–H and O–H groups in total. The fraction of sp³-hybridized carbons (Fsp3) is 0.818. The minimum Gasteiger partial charge on any atom is -0.346 e. The summed E-state index contributed by atoms with van der Waals surface area (Å²) in [6.07, 6.45) is 1.65. The third-order valence-corrected chi connectivity index (χ3v) is 2.07. The summed E-state index contributed by atoms with van der Waals surface area (Å²) in [5, 5.41) is 8.34. The molecule has 0 saturated carbocycles. The summed E-state index contributed by atoms with van der Waals surface area (Å²) in [5.41, 5.74) is 0.254. The molecule has 3 nitrogen and oxygen atoms in total. The quantitative estimate of drug-likeness (QED) is 0.691. The van der Waals surface area contributed by atoms with E-state index in [4.69, 9.17) is 5.26 Å². The number of amides is 1. The molecule has 0 unspecified atom stereocenters. The van der Waals surface area contributed by atoms with Crippen LogP contribution in [0.2, 0.25) is 0 Å². The van der Waals surface area contributed by atoms with Gasteiger partial charge in [-0.3, -0.25) is 4.79 Å².